The van der Waals surface area contributed by atoms with Gasteiger partial charge in [-0.25, -0.2) is 13.4 Å². The Hall–Kier alpha value is -2.60. The molecule has 0 atom stereocenters. The van der Waals surface area contributed by atoms with Crippen molar-refractivity contribution in [1.29, 1.82) is 0 Å². The number of nitro groups is 1. The number of benzene rings is 2. The van der Waals surface area contributed by atoms with Crippen molar-refractivity contribution in [2.75, 3.05) is 38.3 Å². The Morgan fingerprint density at radius 1 is 1.16 bits per heavy atom. The van der Waals surface area contributed by atoms with Crippen LogP contribution in [0.1, 0.15) is 16.8 Å². The van der Waals surface area contributed by atoms with Crippen LogP contribution in [0.3, 0.4) is 0 Å². The lowest BCUT2D eigenvalue weighted by Crippen LogP contribution is -2.33. The van der Waals surface area contributed by atoms with Gasteiger partial charge in [-0.3, -0.25) is 19.8 Å². The van der Waals surface area contributed by atoms with Gasteiger partial charge in [0.05, 0.1) is 20.0 Å². The Balaban J connectivity index is 0.00000363. The summed E-state index contributed by atoms with van der Waals surface area (Å²) in [6.45, 7) is 1.10. The lowest BCUT2D eigenvalue weighted by Gasteiger charge is -2.21. The molecule has 0 saturated heterocycles. The number of rotatable bonds is 8. The molecule has 172 valence electrons. The summed E-state index contributed by atoms with van der Waals surface area (Å²) in [7, 11) is 0.393. The first-order valence-electron chi connectivity index (χ1n) is 9.38. The lowest BCUT2D eigenvalue weighted by molar-refractivity contribution is -0.384. The zero-order valence-corrected chi connectivity index (χ0v) is 20.2. The Kier molecular flexibility index (Phi) is 8.29. The molecule has 32 heavy (non-hydrogen) atoms. The maximum atomic E-state index is 13.3. The Morgan fingerprint density at radius 2 is 1.88 bits per heavy atom. The Labute approximate surface area is 196 Å². The molecule has 2 aromatic carbocycles. The lowest BCUT2D eigenvalue weighted by atomic mass is 10.2. The maximum Gasteiger partial charge on any atom is 0.270 e. The number of hydrogen-bond acceptors (Lipinski definition) is 8. The van der Waals surface area contributed by atoms with Gasteiger partial charge in [-0.2, -0.15) is 0 Å². The van der Waals surface area contributed by atoms with Gasteiger partial charge in [-0.15, -0.1) is 12.4 Å². The summed E-state index contributed by atoms with van der Waals surface area (Å²) in [6.07, 6.45) is 1.76. The zero-order chi connectivity index (χ0) is 22.8. The summed E-state index contributed by atoms with van der Waals surface area (Å²) in [5.41, 5.74) is 0.743. The SMILES string of the molecule is CN(C)CCCN(C(=O)c1cccc(S(C)(=O)=O)c1)c1nc2ccc([N+](=O)[O-])cc2s1.Cl. The summed E-state index contributed by atoms with van der Waals surface area (Å²) in [4.78, 5) is 32.0. The highest BCUT2D eigenvalue weighted by molar-refractivity contribution is 7.90. The molecule has 0 radical (unpaired) electrons. The number of fused-ring (bicyclic) bond motifs is 1. The van der Waals surface area contributed by atoms with Crippen LogP contribution in [0, 0.1) is 10.1 Å². The van der Waals surface area contributed by atoms with Gasteiger partial charge in [-0.1, -0.05) is 17.4 Å². The van der Waals surface area contributed by atoms with Crippen LogP contribution < -0.4 is 4.90 Å². The highest BCUT2D eigenvalue weighted by Crippen LogP contribution is 2.32. The van der Waals surface area contributed by atoms with Crippen molar-refractivity contribution in [1.82, 2.24) is 9.88 Å². The number of nitro benzene ring substituents is 1. The monoisotopic (exact) mass is 498 g/mol. The number of nitrogens with zero attached hydrogens (tertiary/aromatic N) is 4. The topological polar surface area (TPSA) is 114 Å². The number of non-ortho nitro benzene ring substituents is 1. The fourth-order valence-corrected chi connectivity index (χ4v) is 4.66. The van der Waals surface area contributed by atoms with E-state index < -0.39 is 14.8 Å². The summed E-state index contributed by atoms with van der Waals surface area (Å²) < 4.78 is 24.4. The summed E-state index contributed by atoms with van der Waals surface area (Å²) in [6, 6.07) is 10.3. The van der Waals surface area contributed by atoms with Crippen molar-refractivity contribution in [3.63, 3.8) is 0 Å². The number of aromatic nitrogens is 1. The first-order valence-corrected chi connectivity index (χ1v) is 12.1. The number of halogens is 1. The van der Waals surface area contributed by atoms with Gasteiger partial charge >= 0.3 is 0 Å². The molecule has 0 bridgehead atoms. The second-order valence-electron chi connectivity index (χ2n) is 7.32. The van der Waals surface area contributed by atoms with Gasteiger partial charge < -0.3 is 4.90 Å². The number of amides is 1. The van der Waals surface area contributed by atoms with Crippen LogP contribution in [0.5, 0.6) is 0 Å². The predicted octanol–water partition coefficient (Wildman–Crippen LogP) is 3.63. The summed E-state index contributed by atoms with van der Waals surface area (Å²) in [5.74, 6) is -0.377. The van der Waals surface area contributed by atoms with Crippen LogP contribution in [0.2, 0.25) is 0 Å². The maximum absolute atomic E-state index is 13.3. The van der Waals surface area contributed by atoms with Gasteiger partial charge in [0.1, 0.15) is 0 Å². The van der Waals surface area contributed by atoms with Gasteiger partial charge in [0, 0.05) is 30.5 Å². The van der Waals surface area contributed by atoms with Crippen molar-refractivity contribution in [2.45, 2.75) is 11.3 Å². The number of anilines is 1. The summed E-state index contributed by atoms with van der Waals surface area (Å²) in [5, 5.41) is 11.5. The van der Waals surface area contributed by atoms with Gasteiger partial charge in [0.15, 0.2) is 15.0 Å². The molecule has 3 rings (SSSR count). The second-order valence-corrected chi connectivity index (χ2v) is 10.3. The minimum Gasteiger partial charge on any atom is -0.309 e. The largest absolute Gasteiger partial charge is 0.309 e. The normalized spacial score (nSPS) is 11.4. The van der Waals surface area contributed by atoms with E-state index in [4.69, 9.17) is 0 Å². The molecular weight excluding hydrogens is 476 g/mol. The minimum atomic E-state index is -3.47. The van der Waals surface area contributed by atoms with Gasteiger partial charge in [0.25, 0.3) is 11.6 Å². The molecule has 0 N–H and O–H groups in total. The van der Waals surface area contributed by atoms with E-state index in [1.165, 1.54) is 46.6 Å². The molecule has 12 heteroatoms. The van der Waals surface area contributed by atoms with Crippen LogP contribution in [-0.2, 0) is 9.84 Å². The first kappa shape index (κ1) is 25.7. The average Bonchev–Trinajstić information content (AvgIpc) is 3.12. The number of hydrogen-bond donors (Lipinski definition) is 0. The molecule has 1 amide bonds. The zero-order valence-electron chi connectivity index (χ0n) is 17.7. The first-order chi connectivity index (χ1) is 14.6. The van der Waals surface area contributed by atoms with Crippen LogP contribution >= 0.6 is 23.7 Å². The fourth-order valence-electron chi connectivity index (χ4n) is 2.97. The average molecular weight is 499 g/mol. The molecule has 9 nitrogen and oxygen atoms in total. The number of carbonyl (C=O) groups excluding carboxylic acids is 1. The molecule has 0 saturated carbocycles. The van der Waals surface area contributed by atoms with Gasteiger partial charge in [-0.05, 0) is 51.3 Å². The van der Waals surface area contributed by atoms with Crippen LogP contribution in [0.15, 0.2) is 47.4 Å². The summed E-state index contributed by atoms with van der Waals surface area (Å²) >= 11 is 1.19. The number of thiazole rings is 1. The highest BCUT2D eigenvalue weighted by Gasteiger charge is 2.23. The Morgan fingerprint density at radius 3 is 2.50 bits per heavy atom. The molecule has 0 spiro atoms. The third-order valence-corrected chi connectivity index (χ3v) is 6.70. The number of carbonyl (C=O) groups is 1. The predicted molar refractivity (Wildman–Crippen MR) is 128 cm³/mol. The van der Waals surface area contributed by atoms with Crippen molar-refractivity contribution in [3.05, 3.63) is 58.1 Å². The molecule has 0 aliphatic rings. The molecule has 0 aliphatic heterocycles. The molecule has 3 aromatic rings. The van der Waals surface area contributed by atoms with Crippen molar-refractivity contribution < 1.29 is 18.1 Å². The van der Waals surface area contributed by atoms with E-state index in [0.717, 1.165) is 12.8 Å². The molecule has 1 heterocycles. The molecule has 0 aliphatic carbocycles. The van der Waals surface area contributed by atoms with E-state index in [1.54, 1.807) is 12.1 Å². The second kappa shape index (κ2) is 10.3. The smallest absolute Gasteiger partial charge is 0.270 e. The molecular formula is C20H23ClN4O5S2. The highest BCUT2D eigenvalue weighted by atomic mass is 35.5. The van der Waals surface area contributed by atoms with E-state index in [9.17, 15) is 23.3 Å². The quantitative estimate of drug-likeness (QED) is 0.344. The molecule has 0 fully saturated rings. The van der Waals surface area contributed by atoms with E-state index in [-0.39, 0.29) is 34.5 Å². The van der Waals surface area contributed by atoms with Crippen molar-refractivity contribution >= 4 is 60.5 Å². The van der Waals surface area contributed by atoms with Crippen LogP contribution in [-0.4, -0.2) is 62.6 Å². The van der Waals surface area contributed by atoms with E-state index in [2.05, 4.69) is 4.98 Å². The van der Waals surface area contributed by atoms with Crippen LogP contribution in [0.4, 0.5) is 10.8 Å². The third-order valence-electron chi connectivity index (χ3n) is 4.54. The minimum absolute atomic E-state index is 0. The standard InChI is InChI=1S/C20H22N4O5S2.ClH/c1-22(2)10-5-11-23(19(25)14-6-4-7-16(12-14)31(3,28)29)20-21-17-9-8-15(24(26)27)13-18(17)30-20;/h4,6-9,12-13H,5,10-11H2,1-3H3;1H. The fraction of sp³-hybridized carbons (Fsp3) is 0.300. The van der Waals surface area contributed by atoms with Crippen LogP contribution in [0.25, 0.3) is 10.2 Å². The third kappa shape index (κ3) is 6.00. The van der Waals surface area contributed by atoms with Gasteiger partial charge in [0.2, 0.25) is 0 Å². The van der Waals surface area contributed by atoms with Crippen molar-refractivity contribution in [3.8, 4) is 0 Å². The van der Waals surface area contributed by atoms with E-state index >= 15 is 0 Å². The van der Waals surface area contributed by atoms with E-state index in [1.807, 2.05) is 19.0 Å². The van der Waals surface area contributed by atoms with Crippen molar-refractivity contribution in [2.24, 2.45) is 0 Å². The molecule has 0 unspecified atom stereocenters. The van der Waals surface area contributed by atoms with E-state index in [0.29, 0.717) is 28.3 Å². The molecule has 1 aromatic heterocycles. The Bertz CT molecular complexity index is 1240. The number of sulfone groups is 1.